The van der Waals surface area contributed by atoms with Crippen molar-refractivity contribution < 1.29 is 9.84 Å². The first-order valence-electron chi connectivity index (χ1n) is 5.20. The van der Waals surface area contributed by atoms with E-state index in [2.05, 4.69) is 11.4 Å². The van der Waals surface area contributed by atoms with Crippen molar-refractivity contribution in [2.75, 3.05) is 20.2 Å². The van der Waals surface area contributed by atoms with E-state index in [4.69, 9.17) is 4.74 Å². The van der Waals surface area contributed by atoms with Crippen molar-refractivity contribution in [1.82, 2.24) is 5.32 Å². The summed E-state index contributed by atoms with van der Waals surface area (Å²) in [5.74, 6) is 0.862. The van der Waals surface area contributed by atoms with Gasteiger partial charge < -0.3 is 15.2 Å². The highest BCUT2D eigenvalue weighted by Gasteiger charge is 2.34. The molecule has 0 aromatic heterocycles. The maximum atomic E-state index is 10.1. The zero-order valence-electron chi connectivity index (χ0n) is 9.21. The van der Waals surface area contributed by atoms with Gasteiger partial charge in [-0.2, -0.15) is 0 Å². The molecule has 0 aliphatic carbocycles. The van der Waals surface area contributed by atoms with Gasteiger partial charge in [-0.05, 0) is 18.6 Å². The van der Waals surface area contributed by atoms with Crippen LogP contribution in [0.3, 0.4) is 0 Å². The molecule has 0 amide bonds. The molecule has 2 N–H and O–H groups in total. The molecule has 1 aromatic carbocycles. The Kier molecular flexibility index (Phi) is 2.67. The summed E-state index contributed by atoms with van der Waals surface area (Å²) in [4.78, 5) is 0. The molecule has 0 unspecified atom stereocenters. The highest BCUT2D eigenvalue weighted by molar-refractivity contribution is 5.38. The Morgan fingerprint density at radius 3 is 2.73 bits per heavy atom. The molecule has 1 aliphatic rings. The molecule has 2 rings (SSSR count). The van der Waals surface area contributed by atoms with Crippen molar-refractivity contribution in [3.05, 3.63) is 29.3 Å². The van der Waals surface area contributed by atoms with Gasteiger partial charge >= 0.3 is 0 Å². The fourth-order valence-corrected chi connectivity index (χ4v) is 1.94. The average molecular weight is 207 g/mol. The first-order chi connectivity index (χ1) is 7.13. The van der Waals surface area contributed by atoms with Crippen LogP contribution in [0, 0.1) is 6.92 Å². The monoisotopic (exact) mass is 207 g/mol. The van der Waals surface area contributed by atoms with E-state index in [1.54, 1.807) is 7.11 Å². The van der Waals surface area contributed by atoms with Gasteiger partial charge in [-0.1, -0.05) is 17.7 Å². The van der Waals surface area contributed by atoms with Gasteiger partial charge in [-0.3, -0.25) is 0 Å². The molecule has 3 nitrogen and oxygen atoms in total. The molecule has 0 atom stereocenters. The van der Waals surface area contributed by atoms with Gasteiger partial charge in [0.2, 0.25) is 0 Å². The van der Waals surface area contributed by atoms with E-state index < -0.39 is 5.60 Å². The van der Waals surface area contributed by atoms with Crippen LogP contribution < -0.4 is 10.1 Å². The summed E-state index contributed by atoms with van der Waals surface area (Å²) in [7, 11) is 1.66. The Labute approximate surface area is 90.1 Å². The molecule has 1 heterocycles. The van der Waals surface area contributed by atoms with Crippen molar-refractivity contribution in [2.24, 2.45) is 0 Å². The quantitative estimate of drug-likeness (QED) is 0.773. The lowest BCUT2D eigenvalue weighted by Gasteiger charge is -2.38. The fraction of sp³-hybridized carbons (Fsp3) is 0.500. The minimum absolute atomic E-state index is 0.582. The zero-order valence-corrected chi connectivity index (χ0v) is 9.21. The molecule has 0 radical (unpaired) electrons. The Morgan fingerprint density at radius 1 is 1.47 bits per heavy atom. The summed E-state index contributed by atoms with van der Waals surface area (Å²) in [6, 6.07) is 6.06. The van der Waals surface area contributed by atoms with Gasteiger partial charge in [-0.25, -0.2) is 0 Å². The number of hydrogen-bond donors (Lipinski definition) is 2. The van der Waals surface area contributed by atoms with Crippen LogP contribution in [-0.4, -0.2) is 30.9 Å². The van der Waals surface area contributed by atoms with Crippen molar-refractivity contribution in [1.29, 1.82) is 0 Å². The number of hydrogen-bond acceptors (Lipinski definition) is 3. The maximum Gasteiger partial charge on any atom is 0.122 e. The highest BCUT2D eigenvalue weighted by Crippen LogP contribution is 2.26. The first kappa shape index (κ1) is 10.5. The predicted octanol–water partition coefficient (Wildman–Crippen LogP) is 0.880. The summed E-state index contributed by atoms with van der Waals surface area (Å²) in [5.41, 5.74) is 1.70. The molecule has 82 valence electrons. The second-order valence-corrected chi connectivity index (χ2v) is 4.32. The molecule has 15 heavy (non-hydrogen) atoms. The summed E-state index contributed by atoms with van der Waals surface area (Å²) in [5, 5.41) is 13.1. The number of aryl methyl sites for hydroxylation is 1. The molecule has 1 aliphatic heterocycles. The van der Waals surface area contributed by atoms with E-state index in [0.29, 0.717) is 19.5 Å². The number of nitrogens with one attached hydrogen (secondary N) is 1. The lowest BCUT2D eigenvalue weighted by molar-refractivity contribution is -0.00943. The average Bonchev–Trinajstić information content (AvgIpc) is 2.16. The van der Waals surface area contributed by atoms with Crippen LogP contribution in [-0.2, 0) is 6.42 Å². The van der Waals surface area contributed by atoms with Crippen molar-refractivity contribution in [2.45, 2.75) is 18.9 Å². The van der Waals surface area contributed by atoms with E-state index in [1.807, 2.05) is 19.1 Å². The number of ether oxygens (including phenoxy) is 1. The van der Waals surface area contributed by atoms with E-state index >= 15 is 0 Å². The lowest BCUT2D eigenvalue weighted by Crippen LogP contribution is -2.60. The third-order valence-corrected chi connectivity index (χ3v) is 2.86. The number of rotatable bonds is 3. The minimum Gasteiger partial charge on any atom is -0.496 e. The molecule has 1 aromatic rings. The van der Waals surface area contributed by atoms with Gasteiger partial charge in [-0.15, -0.1) is 0 Å². The Hall–Kier alpha value is -1.06. The van der Waals surface area contributed by atoms with Crippen LogP contribution in [0.2, 0.25) is 0 Å². The second-order valence-electron chi connectivity index (χ2n) is 4.32. The number of aliphatic hydroxyl groups is 1. The summed E-state index contributed by atoms with van der Waals surface area (Å²) < 4.78 is 5.28. The Bertz CT molecular complexity index is 359. The zero-order chi connectivity index (χ0) is 10.9. The number of β-amino-alcohol motifs (C(OH)–C–C–N with tert-alkyl or cyclic N) is 1. The van der Waals surface area contributed by atoms with E-state index in [-0.39, 0.29) is 0 Å². The maximum absolute atomic E-state index is 10.1. The van der Waals surface area contributed by atoms with Crippen LogP contribution in [0.4, 0.5) is 0 Å². The Balaban J connectivity index is 2.21. The predicted molar refractivity (Wildman–Crippen MR) is 59.3 cm³/mol. The molecule has 3 heteroatoms. The van der Waals surface area contributed by atoms with E-state index in [9.17, 15) is 5.11 Å². The summed E-state index contributed by atoms with van der Waals surface area (Å²) in [6.45, 7) is 3.39. The standard InChI is InChI=1S/C12H17NO2/c1-9-3-4-11(15-2)10(5-9)6-12(14)7-13-8-12/h3-5,13-14H,6-8H2,1-2H3. The van der Waals surface area contributed by atoms with Crippen LogP contribution in [0.5, 0.6) is 5.75 Å². The number of methoxy groups -OCH3 is 1. The minimum atomic E-state index is -0.582. The second kappa shape index (κ2) is 3.83. The van der Waals surface area contributed by atoms with Crippen LogP contribution >= 0.6 is 0 Å². The SMILES string of the molecule is COc1ccc(C)cc1CC1(O)CNC1. The Morgan fingerprint density at radius 2 is 2.20 bits per heavy atom. The third-order valence-electron chi connectivity index (χ3n) is 2.86. The summed E-state index contributed by atoms with van der Waals surface area (Å²) >= 11 is 0. The van der Waals surface area contributed by atoms with Gasteiger partial charge in [0.1, 0.15) is 5.75 Å². The van der Waals surface area contributed by atoms with Crippen LogP contribution in [0.1, 0.15) is 11.1 Å². The molecular formula is C12H17NO2. The van der Waals surface area contributed by atoms with Crippen molar-refractivity contribution in [3.63, 3.8) is 0 Å². The highest BCUT2D eigenvalue weighted by atomic mass is 16.5. The fourth-order valence-electron chi connectivity index (χ4n) is 1.94. The smallest absolute Gasteiger partial charge is 0.122 e. The lowest BCUT2D eigenvalue weighted by atomic mass is 9.88. The number of benzene rings is 1. The molecule has 0 bridgehead atoms. The topological polar surface area (TPSA) is 41.5 Å². The molecule has 1 saturated heterocycles. The molecule has 0 spiro atoms. The normalized spacial score (nSPS) is 18.3. The summed E-state index contributed by atoms with van der Waals surface area (Å²) in [6.07, 6.45) is 0.658. The van der Waals surface area contributed by atoms with Gasteiger partial charge in [0, 0.05) is 19.5 Å². The van der Waals surface area contributed by atoms with Crippen molar-refractivity contribution in [3.8, 4) is 5.75 Å². The molecule has 1 fully saturated rings. The van der Waals surface area contributed by atoms with Gasteiger partial charge in [0.05, 0.1) is 12.7 Å². The molecular weight excluding hydrogens is 190 g/mol. The van der Waals surface area contributed by atoms with Crippen molar-refractivity contribution >= 4 is 0 Å². The van der Waals surface area contributed by atoms with E-state index in [0.717, 1.165) is 11.3 Å². The van der Waals surface area contributed by atoms with Crippen LogP contribution in [0.15, 0.2) is 18.2 Å². The van der Waals surface area contributed by atoms with Gasteiger partial charge in [0.15, 0.2) is 0 Å². The first-order valence-corrected chi connectivity index (χ1v) is 5.20. The van der Waals surface area contributed by atoms with E-state index in [1.165, 1.54) is 5.56 Å². The van der Waals surface area contributed by atoms with Gasteiger partial charge in [0.25, 0.3) is 0 Å². The van der Waals surface area contributed by atoms with Crippen LogP contribution in [0.25, 0.3) is 0 Å². The largest absolute Gasteiger partial charge is 0.496 e. The molecule has 0 saturated carbocycles. The third kappa shape index (κ3) is 2.13.